The molecule has 1 aromatic carbocycles. The van der Waals surface area contributed by atoms with Gasteiger partial charge in [0.15, 0.2) is 5.82 Å². The molecule has 6 heteroatoms. The molecule has 0 aliphatic heterocycles. The number of nitrogens with two attached hydrogens (primary N) is 1. The molecule has 0 spiro atoms. The monoisotopic (exact) mass is 385 g/mol. The number of aromatic nitrogens is 2. The number of halogens is 1. The number of nitrogens with zero attached hydrogens (tertiary/aromatic N) is 2. The maximum absolute atomic E-state index is 5.95. The van der Waals surface area contributed by atoms with Crippen molar-refractivity contribution in [1.82, 2.24) is 9.97 Å². The van der Waals surface area contributed by atoms with Crippen molar-refractivity contribution in [3.05, 3.63) is 51.0 Å². The molecule has 0 saturated carbocycles. The lowest BCUT2D eigenvalue weighted by molar-refractivity contribution is 0.127. The Kier molecular flexibility index (Phi) is 5.27. The second kappa shape index (κ2) is 6.96. The van der Waals surface area contributed by atoms with Crippen LogP contribution in [0.5, 0.6) is 0 Å². The van der Waals surface area contributed by atoms with E-state index in [0.717, 1.165) is 14.8 Å². The first kappa shape index (κ1) is 15.1. The highest BCUT2D eigenvalue weighted by Gasteiger charge is 2.19. The first-order valence-electron chi connectivity index (χ1n) is 6.05. The van der Waals surface area contributed by atoms with Crippen LogP contribution in [0.25, 0.3) is 0 Å². The summed E-state index contributed by atoms with van der Waals surface area (Å²) in [6.45, 7) is 0.392. The van der Waals surface area contributed by atoms with Crippen LogP contribution >= 0.6 is 22.6 Å². The molecular weight excluding hydrogens is 369 g/mol. The van der Waals surface area contributed by atoms with Gasteiger partial charge in [-0.3, -0.25) is 0 Å². The predicted molar refractivity (Wildman–Crippen MR) is 85.2 cm³/mol. The van der Waals surface area contributed by atoms with Crippen LogP contribution < -0.4 is 5.73 Å². The number of rotatable bonds is 5. The molecule has 2 aromatic rings. The number of ether oxygens (including phenoxy) is 2. The van der Waals surface area contributed by atoms with Gasteiger partial charge in [0, 0.05) is 14.2 Å². The zero-order valence-corrected chi connectivity index (χ0v) is 13.5. The molecule has 0 bridgehead atoms. The Morgan fingerprint density at radius 3 is 2.50 bits per heavy atom. The van der Waals surface area contributed by atoms with E-state index in [1.54, 1.807) is 14.2 Å². The Morgan fingerprint density at radius 1 is 1.20 bits per heavy atom. The third-order valence-electron chi connectivity index (χ3n) is 2.82. The molecule has 0 amide bonds. The van der Waals surface area contributed by atoms with Crippen LogP contribution in [0.4, 0.5) is 5.82 Å². The van der Waals surface area contributed by atoms with Crippen LogP contribution in [0, 0.1) is 3.57 Å². The topological polar surface area (TPSA) is 70.3 Å². The molecule has 20 heavy (non-hydrogen) atoms. The minimum atomic E-state index is -0.342. The Morgan fingerprint density at radius 2 is 1.90 bits per heavy atom. The molecule has 0 saturated heterocycles. The van der Waals surface area contributed by atoms with Gasteiger partial charge in [-0.1, -0.05) is 30.3 Å². The molecule has 0 radical (unpaired) electrons. The molecule has 1 aromatic heterocycles. The van der Waals surface area contributed by atoms with Gasteiger partial charge < -0.3 is 15.2 Å². The molecule has 106 valence electrons. The summed E-state index contributed by atoms with van der Waals surface area (Å²) in [5.41, 5.74) is 7.71. The summed E-state index contributed by atoms with van der Waals surface area (Å²) < 4.78 is 11.5. The van der Waals surface area contributed by atoms with Crippen LogP contribution in [-0.4, -0.2) is 24.2 Å². The second-order valence-corrected chi connectivity index (χ2v) is 5.27. The van der Waals surface area contributed by atoms with Gasteiger partial charge in [-0.25, -0.2) is 9.97 Å². The highest BCUT2D eigenvalue weighted by Crippen LogP contribution is 2.26. The summed E-state index contributed by atoms with van der Waals surface area (Å²) in [5.74, 6) is 0.990. The minimum Gasteiger partial charge on any atom is -0.383 e. The normalized spacial score (nSPS) is 12.3. The Hall–Kier alpha value is -1.25. The van der Waals surface area contributed by atoms with Crippen molar-refractivity contribution < 1.29 is 9.47 Å². The summed E-state index contributed by atoms with van der Waals surface area (Å²) in [5, 5.41) is 0. The van der Waals surface area contributed by atoms with Crippen molar-refractivity contribution in [3.8, 4) is 0 Å². The van der Waals surface area contributed by atoms with E-state index in [2.05, 4.69) is 32.6 Å². The average Bonchev–Trinajstić information content (AvgIpc) is 2.46. The van der Waals surface area contributed by atoms with E-state index in [4.69, 9.17) is 15.2 Å². The van der Waals surface area contributed by atoms with E-state index >= 15 is 0 Å². The van der Waals surface area contributed by atoms with Crippen molar-refractivity contribution in [1.29, 1.82) is 0 Å². The molecule has 1 heterocycles. The van der Waals surface area contributed by atoms with Gasteiger partial charge in [0.1, 0.15) is 11.9 Å². The lowest BCUT2D eigenvalue weighted by Crippen LogP contribution is -2.14. The highest BCUT2D eigenvalue weighted by atomic mass is 127. The van der Waals surface area contributed by atoms with Crippen molar-refractivity contribution in [2.45, 2.75) is 12.7 Å². The van der Waals surface area contributed by atoms with E-state index in [1.807, 2.05) is 30.3 Å². The van der Waals surface area contributed by atoms with Crippen LogP contribution in [0.1, 0.15) is 23.2 Å². The van der Waals surface area contributed by atoms with Gasteiger partial charge in [-0.15, -0.1) is 0 Å². The van der Waals surface area contributed by atoms with Crippen molar-refractivity contribution in [2.24, 2.45) is 0 Å². The molecule has 1 atom stereocenters. The summed E-state index contributed by atoms with van der Waals surface area (Å²) >= 11 is 2.12. The quantitative estimate of drug-likeness (QED) is 0.802. The van der Waals surface area contributed by atoms with E-state index in [9.17, 15) is 0 Å². The first-order chi connectivity index (χ1) is 9.67. The van der Waals surface area contributed by atoms with Crippen molar-refractivity contribution in [3.63, 3.8) is 0 Å². The molecule has 2 N–H and O–H groups in total. The summed E-state index contributed by atoms with van der Waals surface area (Å²) in [6, 6.07) is 9.81. The number of methoxy groups -OCH3 is 2. The summed E-state index contributed by atoms with van der Waals surface area (Å²) in [4.78, 5) is 8.86. The zero-order chi connectivity index (χ0) is 14.5. The fourth-order valence-corrected chi connectivity index (χ4v) is 2.30. The molecule has 0 fully saturated rings. The Bertz CT molecular complexity index is 578. The predicted octanol–water partition coefficient (Wildman–Crippen LogP) is 2.55. The van der Waals surface area contributed by atoms with Crippen LogP contribution in [0.3, 0.4) is 0 Å². The third kappa shape index (κ3) is 3.25. The SMILES string of the molecule is COCc1nc(C(OC)c2ccccc2)nc(N)c1I. The van der Waals surface area contributed by atoms with E-state index in [1.165, 1.54) is 0 Å². The maximum Gasteiger partial charge on any atom is 0.164 e. The number of anilines is 1. The van der Waals surface area contributed by atoms with Gasteiger partial charge in [-0.2, -0.15) is 0 Å². The minimum absolute atomic E-state index is 0.342. The molecule has 0 aliphatic rings. The summed E-state index contributed by atoms with van der Waals surface area (Å²) in [7, 11) is 3.25. The fourth-order valence-electron chi connectivity index (χ4n) is 1.90. The summed E-state index contributed by atoms with van der Waals surface area (Å²) in [6.07, 6.45) is -0.342. The molecule has 5 nitrogen and oxygen atoms in total. The number of benzene rings is 1. The van der Waals surface area contributed by atoms with Gasteiger partial charge in [-0.05, 0) is 28.2 Å². The van der Waals surface area contributed by atoms with E-state index in [0.29, 0.717) is 18.2 Å². The van der Waals surface area contributed by atoms with Gasteiger partial charge in [0.25, 0.3) is 0 Å². The van der Waals surface area contributed by atoms with Gasteiger partial charge >= 0.3 is 0 Å². The standard InChI is InChI=1S/C14H16IN3O2/c1-19-8-10-11(15)13(16)18-14(17-10)12(20-2)9-6-4-3-5-7-9/h3-7,12H,8H2,1-2H3,(H2,16,17,18). The number of nitrogen functional groups attached to an aromatic ring is 1. The fraction of sp³-hybridized carbons (Fsp3) is 0.286. The first-order valence-corrected chi connectivity index (χ1v) is 7.13. The Balaban J connectivity index is 2.45. The van der Waals surface area contributed by atoms with Gasteiger partial charge in [0.05, 0.1) is 15.9 Å². The largest absolute Gasteiger partial charge is 0.383 e. The molecule has 1 unspecified atom stereocenters. The van der Waals surface area contributed by atoms with Crippen molar-refractivity contribution in [2.75, 3.05) is 20.0 Å². The van der Waals surface area contributed by atoms with Crippen molar-refractivity contribution >= 4 is 28.4 Å². The van der Waals surface area contributed by atoms with Crippen LogP contribution in [-0.2, 0) is 16.1 Å². The van der Waals surface area contributed by atoms with Crippen LogP contribution in [0.15, 0.2) is 30.3 Å². The molecule has 2 rings (SSSR count). The lowest BCUT2D eigenvalue weighted by atomic mass is 10.1. The lowest BCUT2D eigenvalue weighted by Gasteiger charge is -2.16. The Labute approximate surface area is 131 Å². The van der Waals surface area contributed by atoms with Crippen LogP contribution in [0.2, 0.25) is 0 Å². The maximum atomic E-state index is 5.95. The second-order valence-electron chi connectivity index (χ2n) is 4.19. The number of hydrogen-bond acceptors (Lipinski definition) is 5. The molecular formula is C14H16IN3O2. The smallest absolute Gasteiger partial charge is 0.164 e. The van der Waals surface area contributed by atoms with Gasteiger partial charge in [0.2, 0.25) is 0 Å². The zero-order valence-electron chi connectivity index (χ0n) is 11.3. The van der Waals surface area contributed by atoms with E-state index < -0.39 is 0 Å². The third-order valence-corrected chi connectivity index (χ3v) is 3.99. The molecule has 0 aliphatic carbocycles. The average molecular weight is 385 g/mol. The highest BCUT2D eigenvalue weighted by molar-refractivity contribution is 14.1. The van der Waals surface area contributed by atoms with E-state index in [-0.39, 0.29) is 6.10 Å². The number of hydrogen-bond donors (Lipinski definition) is 1.